The molecule has 0 saturated heterocycles. The lowest BCUT2D eigenvalue weighted by molar-refractivity contribution is -0.119. The minimum atomic E-state index is 0.378. The molecule has 0 heterocycles. The van der Waals surface area contributed by atoms with E-state index in [-0.39, 0.29) is 0 Å². The van der Waals surface area contributed by atoms with Crippen LogP contribution in [0.3, 0.4) is 0 Å². The Hall–Kier alpha value is -0.660. The van der Waals surface area contributed by atoms with Gasteiger partial charge in [0.2, 0.25) is 0 Å². The van der Waals surface area contributed by atoms with E-state index in [0.717, 1.165) is 51.4 Å². The van der Waals surface area contributed by atoms with Crippen LogP contribution in [0, 0.1) is 0 Å². The summed E-state index contributed by atoms with van der Waals surface area (Å²) in [5.74, 6) is 0.825. The smallest absolute Gasteiger partial charge is 0.132 e. The third-order valence-electron chi connectivity index (χ3n) is 3.86. The number of hydrogen-bond donors (Lipinski definition) is 0. The maximum atomic E-state index is 11.6. The standard InChI is InChI=1S/C18H34O2/c1-3-5-6-8-12-15-18(20)16-13-10-7-9-11-14-17(19)4-2/h3-16H2,1-2H3. The van der Waals surface area contributed by atoms with Crippen molar-refractivity contribution in [3.8, 4) is 0 Å². The van der Waals surface area contributed by atoms with Gasteiger partial charge in [0.15, 0.2) is 0 Å². The Morgan fingerprint density at radius 3 is 1.40 bits per heavy atom. The summed E-state index contributed by atoms with van der Waals surface area (Å²) in [5.41, 5.74) is 0. The molecule has 0 fully saturated rings. The van der Waals surface area contributed by atoms with Gasteiger partial charge in [-0.1, -0.05) is 58.8 Å². The summed E-state index contributed by atoms with van der Waals surface area (Å²) in [4.78, 5) is 22.8. The molecule has 0 saturated carbocycles. The molecule has 0 amide bonds. The topological polar surface area (TPSA) is 34.1 Å². The molecule has 0 unspecified atom stereocenters. The van der Waals surface area contributed by atoms with Gasteiger partial charge in [0.1, 0.15) is 11.6 Å². The average Bonchev–Trinajstić information content (AvgIpc) is 2.45. The van der Waals surface area contributed by atoms with Gasteiger partial charge < -0.3 is 0 Å². The van der Waals surface area contributed by atoms with Crippen molar-refractivity contribution >= 4 is 11.6 Å². The van der Waals surface area contributed by atoms with Gasteiger partial charge in [0.25, 0.3) is 0 Å². The van der Waals surface area contributed by atoms with Crippen LogP contribution in [0.4, 0.5) is 0 Å². The number of carbonyl (C=O) groups excluding carboxylic acids is 2. The summed E-state index contributed by atoms with van der Waals surface area (Å²) in [6.07, 6.45) is 14.6. The molecule has 0 atom stereocenters. The number of carbonyl (C=O) groups is 2. The zero-order valence-corrected chi connectivity index (χ0v) is 13.7. The van der Waals surface area contributed by atoms with Crippen molar-refractivity contribution in [2.24, 2.45) is 0 Å². The van der Waals surface area contributed by atoms with Gasteiger partial charge >= 0.3 is 0 Å². The predicted octanol–water partition coefficient (Wildman–Crippen LogP) is 5.63. The molecule has 0 aliphatic carbocycles. The van der Waals surface area contributed by atoms with E-state index in [4.69, 9.17) is 0 Å². The van der Waals surface area contributed by atoms with Crippen molar-refractivity contribution in [3.05, 3.63) is 0 Å². The highest BCUT2D eigenvalue weighted by Gasteiger charge is 2.02. The third-order valence-corrected chi connectivity index (χ3v) is 3.86. The van der Waals surface area contributed by atoms with E-state index in [1.54, 1.807) is 0 Å². The van der Waals surface area contributed by atoms with Gasteiger partial charge in [-0.3, -0.25) is 9.59 Å². The highest BCUT2D eigenvalue weighted by atomic mass is 16.1. The molecule has 0 radical (unpaired) electrons. The van der Waals surface area contributed by atoms with Crippen molar-refractivity contribution in [1.82, 2.24) is 0 Å². The second-order valence-electron chi connectivity index (χ2n) is 5.86. The van der Waals surface area contributed by atoms with Crippen LogP contribution < -0.4 is 0 Å². The van der Waals surface area contributed by atoms with E-state index in [1.165, 1.54) is 32.1 Å². The lowest BCUT2D eigenvalue weighted by atomic mass is 10.0. The van der Waals surface area contributed by atoms with Crippen LogP contribution in [0.15, 0.2) is 0 Å². The molecule has 20 heavy (non-hydrogen) atoms. The van der Waals surface area contributed by atoms with Crippen LogP contribution in [0.5, 0.6) is 0 Å². The first kappa shape index (κ1) is 19.3. The Morgan fingerprint density at radius 2 is 0.950 bits per heavy atom. The number of unbranched alkanes of at least 4 members (excludes halogenated alkanes) is 8. The minimum absolute atomic E-state index is 0.378. The number of ketones is 2. The summed E-state index contributed by atoms with van der Waals surface area (Å²) in [7, 11) is 0. The van der Waals surface area contributed by atoms with E-state index >= 15 is 0 Å². The first-order valence-corrected chi connectivity index (χ1v) is 8.74. The molecule has 0 aromatic rings. The Kier molecular flexibility index (Phi) is 14.3. The van der Waals surface area contributed by atoms with Gasteiger partial charge in [0.05, 0.1) is 0 Å². The molecule has 0 rings (SSSR count). The molecular weight excluding hydrogens is 248 g/mol. The zero-order valence-electron chi connectivity index (χ0n) is 13.7. The average molecular weight is 282 g/mol. The van der Waals surface area contributed by atoms with Gasteiger partial charge in [-0.05, 0) is 19.3 Å². The van der Waals surface area contributed by atoms with Crippen molar-refractivity contribution in [2.45, 2.75) is 104 Å². The lowest BCUT2D eigenvalue weighted by Crippen LogP contribution is -1.98. The van der Waals surface area contributed by atoms with Crippen LogP contribution in [0.1, 0.15) is 104 Å². The Bertz CT molecular complexity index is 246. The third kappa shape index (κ3) is 13.8. The van der Waals surface area contributed by atoms with Gasteiger partial charge in [0, 0.05) is 25.7 Å². The summed E-state index contributed by atoms with van der Waals surface area (Å²) < 4.78 is 0. The molecule has 118 valence electrons. The molecule has 0 aromatic carbocycles. The molecule has 0 spiro atoms. The Morgan fingerprint density at radius 1 is 0.550 bits per heavy atom. The highest BCUT2D eigenvalue weighted by molar-refractivity contribution is 5.78. The fourth-order valence-corrected chi connectivity index (χ4v) is 2.40. The molecule has 0 bridgehead atoms. The molecular formula is C18H34O2. The fraction of sp³-hybridized carbons (Fsp3) is 0.889. The molecule has 2 nitrogen and oxygen atoms in total. The van der Waals surface area contributed by atoms with E-state index in [0.29, 0.717) is 18.0 Å². The maximum Gasteiger partial charge on any atom is 0.132 e. The van der Waals surface area contributed by atoms with Crippen molar-refractivity contribution in [2.75, 3.05) is 0 Å². The van der Waals surface area contributed by atoms with Crippen LogP contribution >= 0.6 is 0 Å². The largest absolute Gasteiger partial charge is 0.300 e. The molecule has 0 aromatic heterocycles. The van der Waals surface area contributed by atoms with Gasteiger partial charge in [-0.15, -0.1) is 0 Å². The Labute approximate surface area is 125 Å². The minimum Gasteiger partial charge on any atom is -0.300 e. The van der Waals surface area contributed by atoms with E-state index in [2.05, 4.69) is 6.92 Å². The van der Waals surface area contributed by atoms with Crippen LogP contribution in [-0.4, -0.2) is 11.6 Å². The first-order valence-electron chi connectivity index (χ1n) is 8.74. The fourth-order valence-electron chi connectivity index (χ4n) is 2.40. The molecule has 0 aliphatic heterocycles. The summed E-state index contributed by atoms with van der Waals surface area (Å²) in [5, 5.41) is 0. The van der Waals surface area contributed by atoms with Crippen LogP contribution in [-0.2, 0) is 9.59 Å². The van der Waals surface area contributed by atoms with Crippen molar-refractivity contribution in [3.63, 3.8) is 0 Å². The quantitative estimate of drug-likeness (QED) is 0.365. The highest BCUT2D eigenvalue weighted by Crippen LogP contribution is 2.11. The number of rotatable bonds is 15. The normalized spacial score (nSPS) is 10.7. The number of Topliss-reactive ketones (excluding diaryl/α,β-unsaturated/α-hetero) is 2. The summed E-state index contributed by atoms with van der Waals surface area (Å²) >= 11 is 0. The monoisotopic (exact) mass is 282 g/mol. The van der Waals surface area contributed by atoms with Crippen molar-refractivity contribution in [1.29, 1.82) is 0 Å². The zero-order chi connectivity index (χ0) is 15.1. The van der Waals surface area contributed by atoms with E-state index < -0.39 is 0 Å². The molecule has 0 aliphatic rings. The van der Waals surface area contributed by atoms with Gasteiger partial charge in [-0.25, -0.2) is 0 Å². The van der Waals surface area contributed by atoms with Gasteiger partial charge in [-0.2, -0.15) is 0 Å². The first-order chi connectivity index (χ1) is 9.70. The summed E-state index contributed by atoms with van der Waals surface area (Å²) in [6, 6.07) is 0. The van der Waals surface area contributed by atoms with E-state index in [1.807, 2.05) is 6.92 Å². The molecule has 0 N–H and O–H groups in total. The van der Waals surface area contributed by atoms with Crippen molar-refractivity contribution < 1.29 is 9.59 Å². The Balaban J connectivity index is 3.21. The second kappa shape index (κ2) is 14.7. The second-order valence-corrected chi connectivity index (χ2v) is 5.86. The lowest BCUT2D eigenvalue weighted by Gasteiger charge is -2.02. The SMILES string of the molecule is CCCCCCCC(=O)CCCCCCCC(=O)CC. The number of hydrogen-bond acceptors (Lipinski definition) is 2. The molecule has 2 heteroatoms. The van der Waals surface area contributed by atoms with E-state index in [9.17, 15) is 9.59 Å². The maximum absolute atomic E-state index is 11.6. The van der Waals surface area contributed by atoms with Crippen LogP contribution in [0.25, 0.3) is 0 Å². The van der Waals surface area contributed by atoms with Crippen LogP contribution in [0.2, 0.25) is 0 Å². The summed E-state index contributed by atoms with van der Waals surface area (Å²) in [6.45, 7) is 4.14. The predicted molar refractivity (Wildman–Crippen MR) is 86.0 cm³/mol.